The third-order valence-electron chi connectivity index (χ3n) is 2.94. The smallest absolute Gasteiger partial charge is 0.354 e. The van der Waals surface area contributed by atoms with E-state index in [1.807, 2.05) is 17.7 Å². The molecule has 2 aromatic rings. The lowest BCUT2D eigenvalue weighted by Crippen LogP contribution is -2.30. The fraction of sp³-hybridized carbons (Fsp3) is 0.286. The van der Waals surface area contributed by atoms with Gasteiger partial charge < -0.3 is 15.0 Å². The topological polar surface area (TPSA) is 97.1 Å². The van der Waals surface area contributed by atoms with Crippen LogP contribution in [0.4, 0.5) is 0 Å². The van der Waals surface area contributed by atoms with E-state index in [2.05, 4.69) is 15.3 Å². The second kappa shape index (κ2) is 6.65. The van der Waals surface area contributed by atoms with Crippen molar-refractivity contribution in [1.82, 2.24) is 19.9 Å². The first-order chi connectivity index (χ1) is 10.1. The van der Waals surface area contributed by atoms with Crippen molar-refractivity contribution in [2.45, 2.75) is 13.5 Å². The second-order valence-electron chi connectivity index (χ2n) is 4.81. The van der Waals surface area contributed by atoms with E-state index in [1.54, 1.807) is 12.5 Å². The quantitative estimate of drug-likeness (QED) is 0.827. The number of carboxylic acid groups (broad SMARTS) is 1. The fourth-order valence-electron chi connectivity index (χ4n) is 1.84. The normalized spacial score (nSPS) is 11.9. The number of hydrogen-bond acceptors (Lipinski definition) is 4. The Morgan fingerprint density at radius 1 is 1.43 bits per heavy atom. The maximum atomic E-state index is 11.9. The number of aromatic nitrogens is 3. The lowest BCUT2D eigenvalue weighted by molar-refractivity contribution is 0.0689. The van der Waals surface area contributed by atoms with E-state index >= 15 is 0 Å². The first-order valence-corrected chi connectivity index (χ1v) is 6.49. The van der Waals surface area contributed by atoms with Crippen LogP contribution in [0.25, 0.3) is 0 Å². The predicted molar refractivity (Wildman–Crippen MR) is 74.9 cm³/mol. The number of hydrogen-bond donors (Lipinski definition) is 2. The molecule has 2 N–H and O–H groups in total. The molecule has 2 rings (SSSR count). The summed E-state index contributed by atoms with van der Waals surface area (Å²) in [6.45, 7) is 3.29. The maximum Gasteiger partial charge on any atom is 0.354 e. The molecule has 0 aliphatic rings. The Hall–Kier alpha value is -2.70. The van der Waals surface area contributed by atoms with Gasteiger partial charge in [-0.15, -0.1) is 0 Å². The minimum absolute atomic E-state index is 0.0833. The summed E-state index contributed by atoms with van der Waals surface area (Å²) < 4.78 is 1.94. The number of carbonyl (C=O) groups is 2. The molecule has 0 saturated carbocycles. The van der Waals surface area contributed by atoms with Crippen LogP contribution in [0.5, 0.6) is 0 Å². The Bertz CT molecular complexity index is 608. The van der Waals surface area contributed by atoms with Gasteiger partial charge in [-0.05, 0) is 18.1 Å². The van der Waals surface area contributed by atoms with Crippen LogP contribution in [0.15, 0.2) is 37.1 Å². The van der Waals surface area contributed by atoms with Crippen molar-refractivity contribution in [3.8, 4) is 0 Å². The highest BCUT2D eigenvalue weighted by molar-refractivity contribution is 5.94. The third kappa shape index (κ3) is 4.13. The first kappa shape index (κ1) is 14.7. The van der Waals surface area contributed by atoms with Gasteiger partial charge in [0.1, 0.15) is 5.69 Å². The van der Waals surface area contributed by atoms with Gasteiger partial charge in [0.15, 0.2) is 0 Å². The molecular weight excluding hydrogens is 272 g/mol. The maximum absolute atomic E-state index is 11.9. The minimum atomic E-state index is -1.11. The van der Waals surface area contributed by atoms with E-state index in [4.69, 9.17) is 5.11 Å². The van der Waals surface area contributed by atoms with Crippen molar-refractivity contribution >= 4 is 11.9 Å². The summed E-state index contributed by atoms with van der Waals surface area (Å²) in [5.74, 6) is -1.14. The van der Waals surface area contributed by atoms with Crippen LogP contribution in [0.1, 0.15) is 27.8 Å². The number of amides is 1. The average Bonchev–Trinajstić information content (AvgIpc) is 2.97. The number of carboxylic acids is 1. The van der Waals surface area contributed by atoms with E-state index < -0.39 is 5.97 Å². The Balaban J connectivity index is 1.85. The van der Waals surface area contributed by atoms with Crippen molar-refractivity contribution in [2.75, 3.05) is 6.54 Å². The third-order valence-corrected chi connectivity index (χ3v) is 2.94. The van der Waals surface area contributed by atoms with Crippen LogP contribution in [0.2, 0.25) is 0 Å². The Kier molecular flexibility index (Phi) is 4.65. The van der Waals surface area contributed by atoms with E-state index in [0.29, 0.717) is 12.1 Å². The number of carbonyl (C=O) groups excluding carboxylic acids is 1. The van der Waals surface area contributed by atoms with Crippen LogP contribution in [-0.4, -0.2) is 38.1 Å². The van der Waals surface area contributed by atoms with E-state index in [0.717, 1.165) is 6.54 Å². The van der Waals surface area contributed by atoms with Gasteiger partial charge in [0, 0.05) is 31.7 Å². The van der Waals surface area contributed by atoms with Crippen LogP contribution in [0, 0.1) is 5.92 Å². The van der Waals surface area contributed by atoms with E-state index in [9.17, 15) is 9.59 Å². The molecule has 1 unspecified atom stereocenters. The summed E-state index contributed by atoms with van der Waals surface area (Å²) in [7, 11) is 0. The van der Waals surface area contributed by atoms with Crippen LogP contribution >= 0.6 is 0 Å². The second-order valence-corrected chi connectivity index (χ2v) is 4.81. The monoisotopic (exact) mass is 288 g/mol. The molecule has 1 atom stereocenters. The van der Waals surface area contributed by atoms with Crippen molar-refractivity contribution in [1.29, 1.82) is 0 Å². The first-order valence-electron chi connectivity index (χ1n) is 6.49. The molecule has 7 nitrogen and oxygen atoms in total. The molecule has 0 spiro atoms. The van der Waals surface area contributed by atoms with Gasteiger partial charge in [-0.3, -0.25) is 4.79 Å². The van der Waals surface area contributed by atoms with Crippen LogP contribution in [0.3, 0.4) is 0 Å². The number of pyridine rings is 1. The lowest BCUT2D eigenvalue weighted by Gasteiger charge is -2.13. The summed E-state index contributed by atoms with van der Waals surface area (Å²) in [5.41, 5.74) is 0.259. The van der Waals surface area contributed by atoms with Crippen LogP contribution < -0.4 is 5.32 Å². The number of imidazole rings is 1. The minimum Gasteiger partial charge on any atom is -0.477 e. The molecule has 2 aromatic heterocycles. The SMILES string of the molecule is CC(CNC(=O)c1ccc(C(=O)O)nc1)Cn1ccnc1. The summed E-state index contributed by atoms with van der Waals surface area (Å²) in [6, 6.07) is 2.76. The molecule has 0 saturated heterocycles. The zero-order chi connectivity index (χ0) is 15.2. The zero-order valence-electron chi connectivity index (χ0n) is 11.6. The molecule has 7 heteroatoms. The Morgan fingerprint density at radius 2 is 2.24 bits per heavy atom. The van der Waals surface area contributed by atoms with Crippen molar-refractivity contribution in [3.63, 3.8) is 0 Å². The molecular formula is C14H16N4O3. The summed E-state index contributed by atoms with van der Waals surface area (Å²) >= 11 is 0. The van der Waals surface area contributed by atoms with Crippen molar-refractivity contribution < 1.29 is 14.7 Å². The van der Waals surface area contributed by atoms with E-state index in [-0.39, 0.29) is 17.5 Å². The molecule has 0 aliphatic carbocycles. The number of nitrogens with zero attached hydrogens (tertiary/aromatic N) is 3. The number of nitrogens with one attached hydrogen (secondary N) is 1. The summed E-state index contributed by atoms with van der Waals surface area (Å²) in [6.07, 6.45) is 6.57. The molecule has 110 valence electrons. The van der Waals surface area contributed by atoms with Gasteiger partial charge in [-0.2, -0.15) is 0 Å². The van der Waals surface area contributed by atoms with Gasteiger partial charge >= 0.3 is 5.97 Å². The highest BCUT2D eigenvalue weighted by Gasteiger charge is 2.10. The summed E-state index contributed by atoms with van der Waals surface area (Å²) in [5, 5.41) is 11.5. The van der Waals surface area contributed by atoms with Crippen molar-refractivity contribution in [3.05, 3.63) is 48.3 Å². The molecule has 0 aromatic carbocycles. The van der Waals surface area contributed by atoms with E-state index in [1.165, 1.54) is 18.3 Å². The Labute approximate surface area is 121 Å². The number of rotatable bonds is 6. The van der Waals surface area contributed by atoms with Gasteiger partial charge in [0.2, 0.25) is 0 Å². The van der Waals surface area contributed by atoms with Gasteiger partial charge in [-0.1, -0.05) is 6.92 Å². The van der Waals surface area contributed by atoms with Gasteiger partial charge in [0.25, 0.3) is 5.91 Å². The highest BCUT2D eigenvalue weighted by atomic mass is 16.4. The standard InChI is InChI=1S/C14H16N4O3/c1-10(8-18-5-4-15-9-18)6-17-13(19)11-2-3-12(14(20)21)16-7-11/h2-5,7,9-10H,6,8H2,1H3,(H,17,19)(H,20,21). The summed E-state index contributed by atoms with van der Waals surface area (Å²) in [4.78, 5) is 30.3. The van der Waals surface area contributed by atoms with Gasteiger partial charge in [-0.25, -0.2) is 14.8 Å². The molecule has 0 fully saturated rings. The highest BCUT2D eigenvalue weighted by Crippen LogP contribution is 2.02. The lowest BCUT2D eigenvalue weighted by atomic mass is 10.1. The van der Waals surface area contributed by atoms with Crippen LogP contribution in [-0.2, 0) is 6.54 Å². The zero-order valence-corrected chi connectivity index (χ0v) is 11.6. The molecule has 2 heterocycles. The molecule has 0 radical (unpaired) electrons. The number of aromatic carboxylic acids is 1. The molecule has 21 heavy (non-hydrogen) atoms. The average molecular weight is 288 g/mol. The fourth-order valence-corrected chi connectivity index (χ4v) is 1.84. The van der Waals surface area contributed by atoms with Gasteiger partial charge in [0.05, 0.1) is 11.9 Å². The van der Waals surface area contributed by atoms with Crippen molar-refractivity contribution in [2.24, 2.45) is 5.92 Å². The molecule has 0 aliphatic heterocycles. The Morgan fingerprint density at radius 3 is 2.81 bits per heavy atom. The molecule has 0 bridgehead atoms. The largest absolute Gasteiger partial charge is 0.477 e. The molecule has 1 amide bonds. The predicted octanol–water partition coefficient (Wildman–Crippen LogP) is 1.04.